The van der Waals surface area contributed by atoms with Gasteiger partial charge in [-0.15, -0.1) is 0 Å². The Kier molecular flexibility index (Phi) is 4.57. The van der Waals surface area contributed by atoms with Crippen molar-refractivity contribution in [3.63, 3.8) is 0 Å². The number of benzene rings is 2. The fourth-order valence-corrected chi connectivity index (χ4v) is 4.13. The zero-order valence-electron chi connectivity index (χ0n) is 17.0. The van der Waals surface area contributed by atoms with Crippen LogP contribution in [0.25, 0.3) is 16.6 Å². The highest BCUT2D eigenvalue weighted by molar-refractivity contribution is 5.95. The quantitative estimate of drug-likeness (QED) is 0.499. The number of carbonyl (C=O) groups is 1. The molecule has 0 saturated carbocycles. The van der Waals surface area contributed by atoms with Gasteiger partial charge in [0, 0.05) is 30.4 Å². The van der Waals surface area contributed by atoms with E-state index in [1.165, 1.54) is 22.8 Å². The highest BCUT2D eigenvalue weighted by Crippen LogP contribution is 2.33. The zero-order valence-corrected chi connectivity index (χ0v) is 17.0. The molecule has 1 aliphatic rings. The Bertz CT molecular complexity index is 1550. The molecule has 5 rings (SSSR count). The normalized spacial score (nSPS) is 12.5. The van der Waals surface area contributed by atoms with E-state index in [-0.39, 0.29) is 27.9 Å². The second kappa shape index (κ2) is 7.46. The number of anilines is 1. The van der Waals surface area contributed by atoms with Gasteiger partial charge in [-0.25, -0.2) is 9.18 Å². The van der Waals surface area contributed by atoms with Crippen LogP contribution in [0.2, 0.25) is 0 Å². The van der Waals surface area contributed by atoms with E-state index in [0.29, 0.717) is 18.8 Å². The standard InChI is InChI=1S/C24H15FN4O4/c25-18-7-15(30)3-4-20(18)29-11-17(24(32)33)23(31)16-6-14(9-26)21(8-22(16)29)28-10-13-2-1-5-27-19(13)12-28/h1-8,11,30H,10,12H2,(H,32,33). The van der Waals surface area contributed by atoms with E-state index in [2.05, 4.69) is 11.1 Å². The van der Waals surface area contributed by atoms with Crippen molar-refractivity contribution in [3.8, 4) is 17.5 Å². The van der Waals surface area contributed by atoms with Crippen LogP contribution in [0.4, 0.5) is 10.1 Å². The minimum Gasteiger partial charge on any atom is -0.508 e. The van der Waals surface area contributed by atoms with Gasteiger partial charge in [0.05, 0.1) is 34.7 Å². The van der Waals surface area contributed by atoms with Crippen molar-refractivity contribution < 1.29 is 19.4 Å². The number of nitrogens with zero attached hydrogens (tertiary/aromatic N) is 4. The number of hydrogen-bond acceptors (Lipinski definition) is 6. The summed E-state index contributed by atoms with van der Waals surface area (Å²) in [6, 6.07) is 12.2. The molecule has 0 amide bonds. The van der Waals surface area contributed by atoms with E-state index < -0.39 is 22.8 Å². The third-order valence-corrected chi connectivity index (χ3v) is 5.69. The third kappa shape index (κ3) is 3.25. The maximum Gasteiger partial charge on any atom is 0.341 e. The summed E-state index contributed by atoms with van der Waals surface area (Å²) in [5.74, 6) is -2.58. The van der Waals surface area contributed by atoms with Crippen LogP contribution in [0.15, 0.2) is 59.7 Å². The molecule has 2 N–H and O–H groups in total. The van der Waals surface area contributed by atoms with Gasteiger partial charge in [0.15, 0.2) is 5.82 Å². The van der Waals surface area contributed by atoms with Gasteiger partial charge in [0.25, 0.3) is 0 Å². The first-order chi connectivity index (χ1) is 15.9. The molecule has 1 aliphatic heterocycles. The number of halogens is 1. The van der Waals surface area contributed by atoms with Crippen molar-refractivity contribution in [1.29, 1.82) is 5.26 Å². The van der Waals surface area contributed by atoms with Crippen molar-refractivity contribution in [2.24, 2.45) is 0 Å². The molecule has 8 nitrogen and oxygen atoms in total. The van der Waals surface area contributed by atoms with Gasteiger partial charge in [0.2, 0.25) is 5.43 Å². The van der Waals surface area contributed by atoms with Gasteiger partial charge in [0.1, 0.15) is 17.4 Å². The second-order valence-electron chi connectivity index (χ2n) is 7.65. The summed E-state index contributed by atoms with van der Waals surface area (Å²) in [7, 11) is 0. The Labute approximate surface area is 186 Å². The van der Waals surface area contributed by atoms with Crippen LogP contribution in [0.1, 0.15) is 27.2 Å². The molecule has 4 aromatic rings. The summed E-state index contributed by atoms with van der Waals surface area (Å²) in [6.07, 6.45) is 2.74. The van der Waals surface area contributed by atoms with Crippen molar-refractivity contribution >= 4 is 22.6 Å². The predicted molar refractivity (Wildman–Crippen MR) is 117 cm³/mol. The third-order valence-electron chi connectivity index (χ3n) is 5.69. The van der Waals surface area contributed by atoms with Crippen LogP contribution >= 0.6 is 0 Å². The number of carboxylic acid groups (broad SMARTS) is 1. The number of carboxylic acids is 1. The van der Waals surface area contributed by atoms with Gasteiger partial charge in [-0.1, -0.05) is 6.07 Å². The van der Waals surface area contributed by atoms with Gasteiger partial charge in [-0.2, -0.15) is 5.26 Å². The van der Waals surface area contributed by atoms with Crippen molar-refractivity contribution in [2.45, 2.75) is 13.1 Å². The molecule has 0 atom stereocenters. The van der Waals surface area contributed by atoms with E-state index in [0.717, 1.165) is 23.5 Å². The molecule has 33 heavy (non-hydrogen) atoms. The number of rotatable bonds is 3. The molecule has 0 saturated heterocycles. The lowest BCUT2D eigenvalue weighted by Crippen LogP contribution is -2.21. The number of fused-ring (bicyclic) bond motifs is 2. The predicted octanol–water partition coefficient (Wildman–Crippen LogP) is 3.32. The van der Waals surface area contributed by atoms with Crippen LogP contribution < -0.4 is 10.3 Å². The topological polar surface area (TPSA) is 119 Å². The van der Waals surface area contributed by atoms with E-state index in [1.807, 2.05) is 17.0 Å². The zero-order chi connectivity index (χ0) is 23.3. The Balaban J connectivity index is 1.80. The fourth-order valence-electron chi connectivity index (χ4n) is 4.13. The van der Waals surface area contributed by atoms with Crippen molar-refractivity contribution in [2.75, 3.05) is 4.90 Å². The SMILES string of the molecule is N#Cc1cc2c(=O)c(C(=O)O)cn(-c3ccc(O)cc3F)c2cc1N1Cc2cccnc2C1. The fraction of sp³-hybridized carbons (Fsp3) is 0.0833. The number of phenols is 1. The Morgan fingerprint density at radius 1 is 1.15 bits per heavy atom. The van der Waals surface area contributed by atoms with Crippen LogP contribution in [0, 0.1) is 17.1 Å². The van der Waals surface area contributed by atoms with E-state index in [4.69, 9.17) is 0 Å². The number of hydrogen-bond donors (Lipinski definition) is 2. The van der Waals surface area contributed by atoms with Gasteiger partial charge in [-0.3, -0.25) is 9.78 Å². The lowest BCUT2D eigenvalue weighted by atomic mass is 10.0. The number of pyridine rings is 2. The molecule has 2 aromatic carbocycles. The molecule has 0 fully saturated rings. The smallest absolute Gasteiger partial charge is 0.341 e. The molecule has 0 unspecified atom stereocenters. The van der Waals surface area contributed by atoms with E-state index in [9.17, 15) is 29.5 Å². The number of nitriles is 1. The molecule has 0 radical (unpaired) electrons. The summed E-state index contributed by atoms with van der Waals surface area (Å²) in [6.45, 7) is 0.940. The molecule has 0 spiro atoms. The average Bonchev–Trinajstić information content (AvgIpc) is 3.23. The van der Waals surface area contributed by atoms with Crippen LogP contribution in [0.3, 0.4) is 0 Å². The molecule has 0 bridgehead atoms. The summed E-state index contributed by atoms with van der Waals surface area (Å²) in [4.78, 5) is 30.9. The summed E-state index contributed by atoms with van der Waals surface area (Å²) in [5.41, 5.74) is 1.40. The monoisotopic (exact) mass is 442 g/mol. The van der Waals surface area contributed by atoms with Gasteiger partial charge in [-0.05, 0) is 35.9 Å². The highest BCUT2D eigenvalue weighted by Gasteiger charge is 2.25. The number of aromatic hydroxyl groups is 1. The van der Waals surface area contributed by atoms with E-state index >= 15 is 0 Å². The first-order valence-electron chi connectivity index (χ1n) is 9.91. The first kappa shape index (κ1) is 20.2. The Hall–Kier alpha value is -4.71. The number of aromatic carboxylic acids is 1. The number of phenolic OH excluding ortho intramolecular Hbond substituents is 1. The lowest BCUT2D eigenvalue weighted by Gasteiger charge is -2.21. The first-order valence-corrected chi connectivity index (χ1v) is 9.91. The van der Waals surface area contributed by atoms with Crippen molar-refractivity contribution in [3.05, 3.63) is 93.3 Å². The van der Waals surface area contributed by atoms with Crippen LogP contribution in [-0.4, -0.2) is 25.7 Å². The Morgan fingerprint density at radius 3 is 2.67 bits per heavy atom. The molecule has 2 aromatic heterocycles. The molecule has 0 aliphatic carbocycles. The van der Waals surface area contributed by atoms with Crippen molar-refractivity contribution in [1.82, 2.24) is 9.55 Å². The average molecular weight is 442 g/mol. The summed E-state index contributed by atoms with van der Waals surface area (Å²) >= 11 is 0. The maximum absolute atomic E-state index is 14.7. The number of aromatic nitrogens is 2. The van der Waals surface area contributed by atoms with Gasteiger partial charge >= 0.3 is 5.97 Å². The second-order valence-corrected chi connectivity index (χ2v) is 7.65. The Morgan fingerprint density at radius 2 is 1.97 bits per heavy atom. The lowest BCUT2D eigenvalue weighted by molar-refractivity contribution is 0.0695. The van der Waals surface area contributed by atoms with E-state index in [1.54, 1.807) is 12.3 Å². The molecule has 162 valence electrons. The highest BCUT2D eigenvalue weighted by atomic mass is 19.1. The van der Waals surface area contributed by atoms with Gasteiger partial charge < -0.3 is 19.7 Å². The molecule has 9 heteroatoms. The van der Waals surface area contributed by atoms with Crippen LogP contribution in [0.5, 0.6) is 5.75 Å². The minimum atomic E-state index is -1.47. The molecule has 3 heterocycles. The van der Waals surface area contributed by atoms with Crippen LogP contribution in [-0.2, 0) is 13.1 Å². The maximum atomic E-state index is 14.7. The minimum absolute atomic E-state index is 0.0301. The summed E-state index contributed by atoms with van der Waals surface area (Å²) < 4.78 is 16.0. The molecular formula is C24H15FN4O4. The largest absolute Gasteiger partial charge is 0.508 e. The summed E-state index contributed by atoms with van der Waals surface area (Å²) in [5, 5.41) is 28.9. The molecular weight excluding hydrogens is 427 g/mol.